The molecule has 1 aromatic carbocycles. The van der Waals surface area contributed by atoms with Crippen molar-refractivity contribution in [1.29, 1.82) is 0 Å². The second kappa shape index (κ2) is 5.79. The van der Waals surface area contributed by atoms with Crippen LogP contribution in [0.25, 0.3) is 0 Å². The Bertz CT molecular complexity index is 517. The van der Waals surface area contributed by atoms with Gasteiger partial charge in [-0.05, 0) is 47.5 Å². The minimum atomic E-state index is -3.63. The van der Waals surface area contributed by atoms with Crippen LogP contribution in [0, 0.1) is 6.92 Å². The zero-order valence-electron chi connectivity index (χ0n) is 9.37. The minimum absolute atomic E-state index is 0.148. The molecule has 17 heavy (non-hydrogen) atoms. The van der Waals surface area contributed by atoms with Gasteiger partial charge in [0.25, 0.3) is 0 Å². The fraction of sp³-hybridized carbons (Fsp3) is 0.400. The number of aliphatic hydroxyl groups excluding tert-OH is 1. The largest absolute Gasteiger partial charge is 0.395 e. The van der Waals surface area contributed by atoms with E-state index in [0.717, 1.165) is 10.0 Å². The lowest BCUT2D eigenvalue weighted by Gasteiger charge is -2.13. The molecule has 0 bridgehead atoms. The third-order valence-corrected chi connectivity index (χ3v) is 5.54. The van der Waals surface area contributed by atoms with Crippen LogP contribution in [0.2, 0.25) is 0 Å². The van der Waals surface area contributed by atoms with Gasteiger partial charge in [-0.2, -0.15) is 0 Å². The van der Waals surface area contributed by atoms with Gasteiger partial charge < -0.3 is 5.11 Å². The zero-order chi connectivity index (χ0) is 13.2. The Labute approximate surface area is 118 Å². The summed E-state index contributed by atoms with van der Waals surface area (Å²) in [6.07, 6.45) is 0. The number of hydrogen-bond donors (Lipinski definition) is 2. The molecular formula is C10H13Br2NO3S. The highest BCUT2D eigenvalue weighted by Crippen LogP contribution is 2.28. The molecule has 1 unspecified atom stereocenters. The average molecular weight is 387 g/mol. The summed E-state index contributed by atoms with van der Waals surface area (Å²) in [5.41, 5.74) is 0.936. The Balaban J connectivity index is 3.20. The van der Waals surface area contributed by atoms with Gasteiger partial charge >= 0.3 is 0 Å². The number of aryl methyl sites for hydroxylation is 1. The normalized spacial score (nSPS) is 13.7. The summed E-state index contributed by atoms with van der Waals surface area (Å²) >= 11 is 6.52. The smallest absolute Gasteiger partial charge is 0.242 e. The summed E-state index contributed by atoms with van der Waals surface area (Å²) in [5.74, 6) is 0. The van der Waals surface area contributed by atoms with Crippen molar-refractivity contribution < 1.29 is 13.5 Å². The fourth-order valence-electron chi connectivity index (χ4n) is 1.20. The van der Waals surface area contributed by atoms with Crippen LogP contribution in [0.15, 0.2) is 26.0 Å². The van der Waals surface area contributed by atoms with E-state index in [9.17, 15) is 8.42 Å². The van der Waals surface area contributed by atoms with Crippen LogP contribution < -0.4 is 4.72 Å². The number of aliphatic hydroxyl groups is 1. The van der Waals surface area contributed by atoms with Gasteiger partial charge in [0.1, 0.15) is 0 Å². The molecule has 1 aromatic rings. The molecule has 1 rings (SSSR count). The Hall–Kier alpha value is 0.0500. The van der Waals surface area contributed by atoms with Gasteiger partial charge in [-0.15, -0.1) is 0 Å². The van der Waals surface area contributed by atoms with Gasteiger partial charge in [-0.3, -0.25) is 0 Å². The lowest BCUT2D eigenvalue weighted by molar-refractivity contribution is 0.265. The molecule has 0 saturated carbocycles. The summed E-state index contributed by atoms with van der Waals surface area (Å²) in [6, 6.07) is 2.74. The SMILES string of the molecule is Cc1cc(Br)c(S(=O)(=O)NC(C)CO)cc1Br. The van der Waals surface area contributed by atoms with E-state index < -0.39 is 16.1 Å². The maximum Gasteiger partial charge on any atom is 0.242 e. The molecule has 0 aliphatic carbocycles. The molecule has 2 N–H and O–H groups in total. The second-order valence-corrected chi connectivity index (χ2v) is 7.13. The standard InChI is InChI=1S/C10H13Br2NO3S/c1-6-3-9(12)10(4-8(6)11)17(15,16)13-7(2)5-14/h3-4,7,13-14H,5H2,1-2H3. The molecular weight excluding hydrogens is 374 g/mol. The molecule has 0 fully saturated rings. The molecule has 1 atom stereocenters. The number of rotatable bonds is 4. The van der Waals surface area contributed by atoms with Gasteiger partial charge in [0.2, 0.25) is 10.0 Å². The van der Waals surface area contributed by atoms with E-state index in [1.807, 2.05) is 6.92 Å². The van der Waals surface area contributed by atoms with Crippen LogP contribution in [-0.4, -0.2) is 26.2 Å². The lowest BCUT2D eigenvalue weighted by Crippen LogP contribution is -2.35. The van der Waals surface area contributed by atoms with Crippen molar-refractivity contribution in [3.63, 3.8) is 0 Å². The fourth-order valence-corrected chi connectivity index (χ4v) is 4.11. The Morgan fingerprint density at radius 3 is 2.47 bits per heavy atom. The van der Waals surface area contributed by atoms with Crippen LogP contribution >= 0.6 is 31.9 Å². The highest BCUT2D eigenvalue weighted by molar-refractivity contribution is 9.11. The Morgan fingerprint density at radius 2 is 1.94 bits per heavy atom. The maximum absolute atomic E-state index is 12.0. The number of halogens is 2. The van der Waals surface area contributed by atoms with E-state index in [1.165, 1.54) is 6.07 Å². The molecule has 0 aromatic heterocycles. The van der Waals surface area contributed by atoms with Crippen LogP contribution in [-0.2, 0) is 10.0 Å². The van der Waals surface area contributed by atoms with Crippen molar-refractivity contribution in [3.05, 3.63) is 26.6 Å². The van der Waals surface area contributed by atoms with E-state index in [2.05, 4.69) is 36.6 Å². The third-order valence-electron chi connectivity index (χ3n) is 2.13. The molecule has 0 spiro atoms. The van der Waals surface area contributed by atoms with E-state index in [-0.39, 0.29) is 11.5 Å². The molecule has 0 amide bonds. The van der Waals surface area contributed by atoms with Crippen molar-refractivity contribution in [2.75, 3.05) is 6.61 Å². The monoisotopic (exact) mass is 385 g/mol. The van der Waals surface area contributed by atoms with Crippen molar-refractivity contribution in [3.8, 4) is 0 Å². The molecule has 96 valence electrons. The van der Waals surface area contributed by atoms with Crippen molar-refractivity contribution in [2.45, 2.75) is 24.8 Å². The van der Waals surface area contributed by atoms with Gasteiger partial charge in [0.05, 0.1) is 11.5 Å². The zero-order valence-corrected chi connectivity index (χ0v) is 13.4. The first-order valence-electron chi connectivity index (χ1n) is 4.86. The Morgan fingerprint density at radius 1 is 1.35 bits per heavy atom. The van der Waals surface area contributed by atoms with Crippen LogP contribution in [0.3, 0.4) is 0 Å². The third kappa shape index (κ3) is 3.75. The molecule has 0 saturated heterocycles. The van der Waals surface area contributed by atoms with Gasteiger partial charge in [-0.1, -0.05) is 15.9 Å². The van der Waals surface area contributed by atoms with Crippen molar-refractivity contribution in [2.24, 2.45) is 0 Å². The Kier molecular flexibility index (Phi) is 5.15. The first kappa shape index (κ1) is 15.1. The number of benzene rings is 1. The van der Waals surface area contributed by atoms with Crippen LogP contribution in [0.4, 0.5) is 0 Å². The van der Waals surface area contributed by atoms with Gasteiger partial charge in [0, 0.05) is 15.0 Å². The summed E-state index contributed by atoms with van der Waals surface area (Å²) in [6.45, 7) is 3.22. The molecule has 4 nitrogen and oxygen atoms in total. The van der Waals surface area contributed by atoms with E-state index in [1.54, 1.807) is 13.0 Å². The predicted octanol–water partition coefficient (Wildman–Crippen LogP) is 2.18. The van der Waals surface area contributed by atoms with Crippen LogP contribution in [0.5, 0.6) is 0 Å². The quantitative estimate of drug-likeness (QED) is 0.833. The highest BCUT2D eigenvalue weighted by Gasteiger charge is 2.20. The molecule has 7 heteroatoms. The number of sulfonamides is 1. The predicted molar refractivity (Wildman–Crippen MR) is 73.4 cm³/mol. The summed E-state index contributed by atoms with van der Waals surface area (Å²) in [4.78, 5) is 0.148. The van der Waals surface area contributed by atoms with E-state index in [0.29, 0.717) is 4.47 Å². The summed E-state index contributed by atoms with van der Waals surface area (Å²) in [5, 5.41) is 8.87. The highest BCUT2D eigenvalue weighted by atomic mass is 79.9. The van der Waals surface area contributed by atoms with Gasteiger partial charge in [-0.25, -0.2) is 13.1 Å². The summed E-state index contributed by atoms with van der Waals surface area (Å²) in [7, 11) is -3.63. The minimum Gasteiger partial charge on any atom is -0.395 e. The second-order valence-electron chi connectivity index (χ2n) is 3.74. The van der Waals surface area contributed by atoms with Crippen molar-refractivity contribution in [1.82, 2.24) is 4.72 Å². The number of hydrogen-bond acceptors (Lipinski definition) is 3. The molecule has 0 heterocycles. The lowest BCUT2D eigenvalue weighted by atomic mass is 10.2. The first-order valence-corrected chi connectivity index (χ1v) is 7.93. The molecule has 0 aliphatic heterocycles. The summed E-state index contributed by atoms with van der Waals surface area (Å²) < 4.78 is 27.6. The number of nitrogens with one attached hydrogen (secondary N) is 1. The molecule has 0 aliphatic rings. The topological polar surface area (TPSA) is 66.4 Å². The average Bonchev–Trinajstić information content (AvgIpc) is 2.22. The van der Waals surface area contributed by atoms with Crippen molar-refractivity contribution >= 4 is 41.9 Å². The first-order chi connectivity index (χ1) is 7.77. The molecule has 0 radical (unpaired) electrons. The van der Waals surface area contributed by atoms with E-state index in [4.69, 9.17) is 5.11 Å². The maximum atomic E-state index is 12.0. The van der Waals surface area contributed by atoms with Crippen LogP contribution in [0.1, 0.15) is 12.5 Å². The van der Waals surface area contributed by atoms with Gasteiger partial charge in [0.15, 0.2) is 0 Å². The van der Waals surface area contributed by atoms with E-state index >= 15 is 0 Å².